The Labute approximate surface area is 186 Å². The number of halogens is 2. The van der Waals surface area contributed by atoms with E-state index >= 15 is 0 Å². The number of fused-ring (bicyclic) bond motifs is 2. The molecule has 0 saturated heterocycles. The summed E-state index contributed by atoms with van der Waals surface area (Å²) in [6.07, 6.45) is -0.641. The van der Waals surface area contributed by atoms with Crippen molar-refractivity contribution in [3.8, 4) is 0 Å². The summed E-state index contributed by atoms with van der Waals surface area (Å²) in [4.78, 5) is 17.8. The third-order valence-electron chi connectivity index (χ3n) is 4.95. The summed E-state index contributed by atoms with van der Waals surface area (Å²) < 4.78 is 13.9. The summed E-state index contributed by atoms with van der Waals surface area (Å²) in [6, 6.07) is 21.1. The van der Waals surface area contributed by atoms with Crippen molar-refractivity contribution in [2.75, 3.05) is 0 Å². The van der Waals surface area contributed by atoms with Crippen LogP contribution in [-0.4, -0.2) is 16.1 Å². The van der Waals surface area contributed by atoms with Crippen molar-refractivity contribution in [2.24, 2.45) is 10.1 Å². The first kappa shape index (κ1) is 19.8. The number of amidine groups is 1. The predicted molar refractivity (Wildman–Crippen MR) is 120 cm³/mol. The van der Waals surface area contributed by atoms with Crippen LogP contribution in [0.15, 0.2) is 82.9 Å². The summed E-state index contributed by atoms with van der Waals surface area (Å²) in [5.74, 6) is -0.0223. The Hall–Kier alpha value is -3.16. The zero-order valence-corrected chi connectivity index (χ0v) is 17.7. The van der Waals surface area contributed by atoms with Gasteiger partial charge in [0.1, 0.15) is 11.5 Å². The number of carbonyl (C=O) groups is 1. The van der Waals surface area contributed by atoms with Crippen LogP contribution in [0, 0.1) is 5.82 Å². The highest BCUT2D eigenvalue weighted by Gasteiger charge is 2.34. The minimum absolute atomic E-state index is 0.266. The fourth-order valence-corrected chi connectivity index (χ4v) is 4.44. The number of nitrogens with zero attached hydrogens (tertiary/aromatic N) is 3. The van der Waals surface area contributed by atoms with E-state index in [0.717, 1.165) is 5.56 Å². The SMILES string of the molecule is O=C1NC(SCc2ccc(Cl)cc2)=NN2C1=c1ccccc1=N[C@@H]2c1cccc(F)c1. The van der Waals surface area contributed by atoms with E-state index in [2.05, 4.69) is 10.4 Å². The summed E-state index contributed by atoms with van der Waals surface area (Å²) in [5.41, 5.74) is 2.07. The normalized spacial score (nSPS) is 17.3. The molecule has 1 atom stereocenters. The minimum atomic E-state index is -0.641. The van der Waals surface area contributed by atoms with Crippen molar-refractivity contribution < 1.29 is 9.18 Å². The molecule has 0 saturated carbocycles. The summed E-state index contributed by atoms with van der Waals surface area (Å²) in [6.45, 7) is 0. The molecule has 5 nitrogen and oxygen atoms in total. The van der Waals surface area contributed by atoms with E-state index in [0.29, 0.717) is 37.8 Å². The number of para-hydroxylation sites is 1. The number of nitrogens with one attached hydrogen (secondary N) is 1. The first-order valence-electron chi connectivity index (χ1n) is 9.57. The number of thioether (sulfide) groups is 1. The van der Waals surface area contributed by atoms with Gasteiger partial charge < -0.3 is 0 Å². The smallest absolute Gasteiger partial charge is 0.276 e. The Balaban J connectivity index is 1.55. The van der Waals surface area contributed by atoms with Gasteiger partial charge in [-0.05, 0) is 35.9 Å². The number of hydrazone groups is 1. The molecular weight excluding hydrogens is 435 g/mol. The molecule has 1 amide bonds. The molecule has 8 heteroatoms. The number of carbonyl (C=O) groups excluding carboxylic acids is 1. The van der Waals surface area contributed by atoms with Gasteiger partial charge in [-0.15, -0.1) is 5.10 Å². The molecule has 0 fully saturated rings. The van der Waals surface area contributed by atoms with Gasteiger partial charge in [0.2, 0.25) is 0 Å². The highest BCUT2D eigenvalue weighted by Crippen LogP contribution is 2.31. The van der Waals surface area contributed by atoms with Crippen LogP contribution in [0.5, 0.6) is 0 Å². The van der Waals surface area contributed by atoms with E-state index in [-0.39, 0.29) is 11.7 Å². The largest absolute Gasteiger partial charge is 0.298 e. The highest BCUT2D eigenvalue weighted by atomic mass is 35.5. The summed E-state index contributed by atoms with van der Waals surface area (Å²) in [7, 11) is 0. The van der Waals surface area contributed by atoms with Gasteiger partial charge in [-0.2, -0.15) is 0 Å². The van der Waals surface area contributed by atoms with Crippen LogP contribution in [0.4, 0.5) is 4.39 Å². The number of hydrogen-bond acceptors (Lipinski definition) is 5. The standard InChI is InChI=1S/C23H16ClFN4OS/c24-16-10-8-14(9-11-16)13-31-23-27-22(30)20-18-6-1-2-7-19(18)26-21(29(20)28-23)15-4-3-5-17(25)12-15/h1-12,21H,13H2,(H,27,28,30)/t21-/m0/s1. The molecule has 0 radical (unpaired) electrons. The van der Waals surface area contributed by atoms with Crippen LogP contribution in [0.25, 0.3) is 5.70 Å². The summed E-state index contributed by atoms with van der Waals surface area (Å²) in [5, 5.41) is 11.6. The molecule has 0 unspecified atom stereocenters. The first-order chi connectivity index (χ1) is 15.1. The molecular formula is C23H16ClFN4OS. The fraction of sp³-hybridized carbons (Fsp3) is 0.0870. The molecule has 31 heavy (non-hydrogen) atoms. The van der Waals surface area contributed by atoms with E-state index in [9.17, 15) is 9.18 Å². The van der Waals surface area contributed by atoms with Gasteiger partial charge >= 0.3 is 0 Å². The molecule has 3 aromatic carbocycles. The number of rotatable bonds is 3. The average Bonchev–Trinajstić information content (AvgIpc) is 2.78. The second-order valence-corrected chi connectivity index (χ2v) is 8.44. The quantitative estimate of drug-likeness (QED) is 0.664. The zero-order valence-electron chi connectivity index (χ0n) is 16.1. The van der Waals surface area contributed by atoms with Crippen molar-refractivity contribution in [1.29, 1.82) is 0 Å². The van der Waals surface area contributed by atoms with Gasteiger partial charge in [-0.3, -0.25) is 15.1 Å². The Morgan fingerprint density at radius 3 is 2.68 bits per heavy atom. The Morgan fingerprint density at radius 1 is 1.06 bits per heavy atom. The fourth-order valence-electron chi connectivity index (χ4n) is 3.51. The zero-order chi connectivity index (χ0) is 21.4. The van der Waals surface area contributed by atoms with Crippen molar-refractivity contribution in [3.05, 3.63) is 105 Å². The second-order valence-electron chi connectivity index (χ2n) is 7.04. The van der Waals surface area contributed by atoms with E-state index in [1.807, 2.05) is 48.5 Å². The Bertz CT molecular complexity index is 1330. The molecule has 0 aliphatic carbocycles. The van der Waals surface area contributed by atoms with Crippen molar-refractivity contribution in [1.82, 2.24) is 10.3 Å². The van der Waals surface area contributed by atoms with Crippen LogP contribution >= 0.6 is 23.4 Å². The topological polar surface area (TPSA) is 57.1 Å². The van der Waals surface area contributed by atoms with Crippen LogP contribution in [0.3, 0.4) is 0 Å². The molecule has 0 spiro atoms. The number of hydrogen-bond donors (Lipinski definition) is 1. The van der Waals surface area contributed by atoms with Gasteiger partial charge in [-0.25, -0.2) is 9.40 Å². The lowest BCUT2D eigenvalue weighted by Gasteiger charge is -2.34. The molecule has 2 aliphatic rings. The number of benzene rings is 3. The first-order valence-corrected chi connectivity index (χ1v) is 10.9. The van der Waals surface area contributed by atoms with Gasteiger partial charge in [-0.1, -0.05) is 65.8 Å². The second kappa shape index (κ2) is 8.17. The molecule has 2 heterocycles. The Morgan fingerprint density at radius 2 is 1.87 bits per heavy atom. The molecule has 0 aromatic heterocycles. The third kappa shape index (κ3) is 3.94. The van der Waals surface area contributed by atoms with E-state index in [4.69, 9.17) is 16.6 Å². The summed E-state index contributed by atoms with van der Waals surface area (Å²) >= 11 is 7.35. The molecule has 2 aliphatic heterocycles. The average molecular weight is 451 g/mol. The highest BCUT2D eigenvalue weighted by molar-refractivity contribution is 8.13. The lowest BCUT2D eigenvalue weighted by Crippen LogP contribution is -2.50. The van der Waals surface area contributed by atoms with E-state index in [1.54, 1.807) is 17.1 Å². The van der Waals surface area contributed by atoms with Gasteiger partial charge in [0.25, 0.3) is 5.91 Å². The predicted octanol–water partition coefficient (Wildman–Crippen LogP) is 3.56. The molecule has 1 N–H and O–H groups in total. The lowest BCUT2D eigenvalue weighted by atomic mass is 10.1. The van der Waals surface area contributed by atoms with Crippen molar-refractivity contribution >= 4 is 40.1 Å². The van der Waals surface area contributed by atoms with E-state index in [1.165, 1.54) is 23.9 Å². The Kier molecular flexibility index (Phi) is 5.21. The van der Waals surface area contributed by atoms with Crippen molar-refractivity contribution in [3.63, 3.8) is 0 Å². The van der Waals surface area contributed by atoms with Crippen molar-refractivity contribution in [2.45, 2.75) is 11.9 Å². The monoisotopic (exact) mass is 450 g/mol. The molecule has 0 bridgehead atoms. The van der Waals surface area contributed by atoms with Gasteiger partial charge in [0.15, 0.2) is 11.3 Å². The maximum Gasteiger partial charge on any atom is 0.276 e. The van der Waals surface area contributed by atoms with Gasteiger partial charge in [0, 0.05) is 21.6 Å². The molecule has 3 aromatic rings. The van der Waals surface area contributed by atoms with Crippen LogP contribution in [0.2, 0.25) is 5.02 Å². The molecule has 154 valence electrons. The maximum atomic E-state index is 13.9. The van der Waals surface area contributed by atoms with Gasteiger partial charge in [0.05, 0.1) is 5.36 Å². The van der Waals surface area contributed by atoms with Crippen LogP contribution in [-0.2, 0) is 10.5 Å². The van der Waals surface area contributed by atoms with Crippen LogP contribution < -0.4 is 15.9 Å². The molecule has 5 rings (SSSR count). The lowest BCUT2D eigenvalue weighted by molar-refractivity contribution is -0.116. The third-order valence-corrected chi connectivity index (χ3v) is 6.14. The number of amides is 1. The maximum absolute atomic E-state index is 13.9. The van der Waals surface area contributed by atoms with E-state index < -0.39 is 6.17 Å². The van der Waals surface area contributed by atoms with Crippen LogP contribution in [0.1, 0.15) is 17.3 Å². The minimum Gasteiger partial charge on any atom is -0.298 e.